The first kappa shape index (κ1) is 17.8. The van der Waals surface area contributed by atoms with E-state index in [1.165, 1.54) is 18.3 Å². The van der Waals surface area contributed by atoms with Crippen LogP contribution in [0.3, 0.4) is 0 Å². The van der Waals surface area contributed by atoms with Crippen molar-refractivity contribution in [2.75, 3.05) is 4.90 Å². The minimum atomic E-state index is -4.44. The molecule has 24 heavy (non-hydrogen) atoms. The summed E-state index contributed by atoms with van der Waals surface area (Å²) in [6.45, 7) is 5.24. The maximum atomic E-state index is 13.1. The Morgan fingerprint density at radius 1 is 1.21 bits per heavy atom. The van der Waals surface area contributed by atoms with Gasteiger partial charge in [-0.3, -0.25) is 0 Å². The van der Waals surface area contributed by atoms with Crippen LogP contribution in [0.2, 0.25) is 0 Å². The smallest absolute Gasteiger partial charge is 0.416 e. The summed E-state index contributed by atoms with van der Waals surface area (Å²) >= 11 is 0. The minimum absolute atomic E-state index is 0.0164. The number of hydrogen-bond donors (Lipinski definition) is 1. The molecule has 0 amide bonds. The number of alkyl halides is 3. The largest absolute Gasteiger partial charge is 0.478 e. The van der Waals surface area contributed by atoms with Gasteiger partial charge in [-0.05, 0) is 56.7 Å². The monoisotopic (exact) mass is 338 g/mol. The molecule has 0 fully saturated rings. The Bertz CT molecular complexity index is 740. The van der Waals surface area contributed by atoms with Crippen LogP contribution in [0, 0.1) is 6.92 Å². The highest BCUT2D eigenvalue weighted by atomic mass is 19.4. The second-order valence-corrected chi connectivity index (χ2v) is 5.73. The highest BCUT2D eigenvalue weighted by molar-refractivity contribution is 5.87. The van der Waals surface area contributed by atoms with E-state index in [2.05, 4.69) is 4.98 Å². The molecule has 0 unspecified atom stereocenters. The second-order valence-electron chi connectivity index (χ2n) is 5.73. The van der Waals surface area contributed by atoms with Crippen molar-refractivity contribution in [2.24, 2.45) is 0 Å². The highest BCUT2D eigenvalue weighted by Crippen LogP contribution is 2.35. The molecule has 1 heterocycles. The van der Waals surface area contributed by atoms with E-state index < -0.39 is 17.7 Å². The van der Waals surface area contributed by atoms with E-state index in [1.807, 2.05) is 13.8 Å². The SMILES string of the molecule is Cc1cc(N(c2ccc(C(=O)O)cn2)C(C)C)cc(C(F)(F)F)c1. The Morgan fingerprint density at radius 3 is 2.33 bits per heavy atom. The summed E-state index contributed by atoms with van der Waals surface area (Å²) in [7, 11) is 0. The quantitative estimate of drug-likeness (QED) is 0.881. The van der Waals surface area contributed by atoms with E-state index in [-0.39, 0.29) is 11.6 Å². The topological polar surface area (TPSA) is 53.4 Å². The fourth-order valence-electron chi connectivity index (χ4n) is 2.42. The zero-order valence-electron chi connectivity index (χ0n) is 13.4. The number of anilines is 2. The molecule has 1 aromatic carbocycles. The van der Waals surface area contributed by atoms with Crippen LogP contribution in [-0.4, -0.2) is 22.1 Å². The number of aryl methyl sites for hydroxylation is 1. The Morgan fingerprint density at radius 2 is 1.88 bits per heavy atom. The number of carbonyl (C=O) groups is 1. The molecule has 2 rings (SSSR count). The van der Waals surface area contributed by atoms with E-state index in [0.717, 1.165) is 12.1 Å². The van der Waals surface area contributed by atoms with Gasteiger partial charge in [-0.25, -0.2) is 9.78 Å². The van der Waals surface area contributed by atoms with Gasteiger partial charge in [0.15, 0.2) is 0 Å². The minimum Gasteiger partial charge on any atom is -0.478 e. The molecule has 0 saturated carbocycles. The van der Waals surface area contributed by atoms with Gasteiger partial charge >= 0.3 is 12.1 Å². The Hall–Kier alpha value is -2.57. The first-order chi connectivity index (χ1) is 11.1. The van der Waals surface area contributed by atoms with E-state index in [9.17, 15) is 18.0 Å². The number of carboxylic acid groups (broad SMARTS) is 1. The maximum absolute atomic E-state index is 13.1. The van der Waals surface area contributed by atoms with Crippen LogP contribution in [0.1, 0.15) is 35.3 Å². The second kappa shape index (κ2) is 6.51. The number of halogens is 3. The molecule has 0 aliphatic carbocycles. The lowest BCUT2D eigenvalue weighted by Crippen LogP contribution is -2.27. The number of aromatic carboxylic acids is 1. The van der Waals surface area contributed by atoms with E-state index in [4.69, 9.17) is 5.11 Å². The molecular formula is C17H17F3N2O2. The summed E-state index contributed by atoms with van der Waals surface area (Å²) in [6, 6.07) is 6.49. The number of aromatic nitrogens is 1. The van der Waals surface area contributed by atoms with Crippen LogP contribution >= 0.6 is 0 Å². The summed E-state index contributed by atoms with van der Waals surface area (Å²) < 4.78 is 39.2. The molecule has 0 bridgehead atoms. The Kier molecular flexibility index (Phi) is 4.82. The van der Waals surface area contributed by atoms with Crippen molar-refractivity contribution >= 4 is 17.5 Å². The summed E-state index contributed by atoms with van der Waals surface area (Å²) in [6.07, 6.45) is -3.25. The van der Waals surface area contributed by atoms with Crippen molar-refractivity contribution in [2.45, 2.75) is 33.0 Å². The van der Waals surface area contributed by atoms with Crippen LogP contribution in [0.5, 0.6) is 0 Å². The van der Waals surface area contributed by atoms with Crippen molar-refractivity contribution in [3.8, 4) is 0 Å². The molecule has 1 aromatic heterocycles. The third-order valence-corrected chi connectivity index (χ3v) is 3.43. The van der Waals surface area contributed by atoms with Crippen LogP contribution in [0.15, 0.2) is 36.5 Å². The van der Waals surface area contributed by atoms with Gasteiger partial charge in [-0.2, -0.15) is 13.2 Å². The van der Waals surface area contributed by atoms with E-state index >= 15 is 0 Å². The van der Waals surface area contributed by atoms with Crippen LogP contribution in [0.4, 0.5) is 24.7 Å². The first-order valence-corrected chi connectivity index (χ1v) is 7.27. The lowest BCUT2D eigenvalue weighted by molar-refractivity contribution is -0.137. The number of pyridine rings is 1. The summed E-state index contributed by atoms with van der Waals surface area (Å²) in [5.74, 6) is -0.728. The number of rotatable bonds is 4. The molecular weight excluding hydrogens is 321 g/mol. The van der Waals surface area contributed by atoms with Crippen LogP contribution < -0.4 is 4.90 Å². The number of carboxylic acids is 1. The van der Waals surface area contributed by atoms with Crippen LogP contribution in [-0.2, 0) is 6.18 Å². The van der Waals surface area contributed by atoms with Gasteiger partial charge in [-0.15, -0.1) is 0 Å². The normalized spacial score (nSPS) is 11.6. The molecule has 0 radical (unpaired) electrons. The van der Waals surface area contributed by atoms with Gasteiger partial charge in [0, 0.05) is 17.9 Å². The molecule has 7 heteroatoms. The molecule has 0 aliphatic rings. The molecule has 0 saturated heterocycles. The average Bonchev–Trinajstić information content (AvgIpc) is 2.46. The van der Waals surface area contributed by atoms with Gasteiger partial charge in [0.2, 0.25) is 0 Å². The third kappa shape index (κ3) is 3.84. The Balaban J connectivity index is 2.52. The third-order valence-electron chi connectivity index (χ3n) is 3.43. The maximum Gasteiger partial charge on any atom is 0.416 e. The molecule has 128 valence electrons. The molecule has 1 N–H and O–H groups in total. The molecule has 0 spiro atoms. The lowest BCUT2D eigenvalue weighted by atomic mass is 10.1. The molecule has 0 atom stereocenters. The van der Waals surface area contributed by atoms with Crippen molar-refractivity contribution in [1.82, 2.24) is 4.98 Å². The van der Waals surface area contributed by atoms with E-state index in [0.29, 0.717) is 17.1 Å². The zero-order chi connectivity index (χ0) is 18.1. The van der Waals surface area contributed by atoms with E-state index in [1.54, 1.807) is 17.9 Å². The van der Waals surface area contributed by atoms with Gasteiger partial charge in [0.25, 0.3) is 0 Å². The predicted molar refractivity (Wildman–Crippen MR) is 84.7 cm³/mol. The fraction of sp³-hybridized carbons (Fsp3) is 0.294. The molecule has 4 nitrogen and oxygen atoms in total. The van der Waals surface area contributed by atoms with Crippen molar-refractivity contribution in [1.29, 1.82) is 0 Å². The molecule has 2 aromatic rings. The zero-order valence-corrected chi connectivity index (χ0v) is 13.4. The number of hydrogen-bond acceptors (Lipinski definition) is 3. The van der Waals surface area contributed by atoms with Gasteiger partial charge in [0.1, 0.15) is 5.82 Å². The fourth-order valence-corrected chi connectivity index (χ4v) is 2.42. The predicted octanol–water partition coefficient (Wildman–Crippen LogP) is 4.65. The standard InChI is InChI=1S/C17H17F3N2O2/c1-10(2)22(15-5-4-12(9-21-15)16(23)24)14-7-11(3)6-13(8-14)17(18,19)20/h4-10H,1-3H3,(H,23,24). The number of nitrogens with zero attached hydrogens (tertiary/aromatic N) is 2. The summed E-state index contributed by atoms with van der Waals surface area (Å²) in [5, 5.41) is 8.92. The Labute approximate surface area is 137 Å². The van der Waals surface area contributed by atoms with Crippen LogP contribution in [0.25, 0.3) is 0 Å². The number of benzene rings is 1. The van der Waals surface area contributed by atoms with Gasteiger partial charge < -0.3 is 10.0 Å². The summed E-state index contributed by atoms with van der Waals surface area (Å²) in [5.41, 5.74) is 0.119. The summed E-state index contributed by atoms with van der Waals surface area (Å²) in [4.78, 5) is 16.6. The van der Waals surface area contributed by atoms with Crippen molar-refractivity contribution in [3.63, 3.8) is 0 Å². The van der Waals surface area contributed by atoms with Gasteiger partial charge in [0.05, 0.1) is 11.1 Å². The lowest BCUT2D eigenvalue weighted by Gasteiger charge is -2.29. The molecule has 0 aliphatic heterocycles. The highest BCUT2D eigenvalue weighted by Gasteiger charge is 2.31. The van der Waals surface area contributed by atoms with Crippen molar-refractivity contribution in [3.05, 3.63) is 53.2 Å². The average molecular weight is 338 g/mol. The van der Waals surface area contributed by atoms with Gasteiger partial charge in [-0.1, -0.05) is 0 Å². The van der Waals surface area contributed by atoms with Crippen molar-refractivity contribution < 1.29 is 23.1 Å². The first-order valence-electron chi connectivity index (χ1n) is 7.27.